The number of para-hydroxylation sites is 1. The number of aromatic nitrogens is 3. The Morgan fingerprint density at radius 2 is 1.88 bits per heavy atom. The highest BCUT2D eigenvalue weighted by molar-refractivity contribution is 5.98. The smallest absolute Gasteiger partial charge is 0.356 e. The van der Waals surface area contributed by atoms with Crippen molar-refractivity contribution in [3.8, 4) is 0 Å². The van der Waals surface area contributed by atoms with Crippen molar-refractivity contribution in [1.82, 2.24) is 24.8 Å². The molecule has 216 valence electrons. The fraction of sp³-hybridized carbons (Fsp3) is 0.517. The SMILES string of the molecule is Cc1[nH]c([C@@H](Cc2cn(C)c3ccccc23)N(C(=O)NC2CCC(O)CC2)C(=O)[C@@H](N)CC(C)C)nc1C(=O)O. The summed E-state index contributed by atoms with van der Waals surface area (Å²) in [5.74, 6) is -1.45. The monoisotopic (exact) mass is 552 g/mol. The second kappa shape index (κ2) is 12.2. The lowest BCUT2D eigenvalue weighted by Gasteiger charge is -2.34. The van der Waals surface area contributed by atoms with Crippen LogP contribution in [-0.2, 0) is 18.3 Å². The number of H-pyrrole nitrogens is 1. The molecule has 11 heteroatoms. The van der Waals surface area contributed by atoms with Crippen LogP contribution in [-0.4, -0.2) is 65.7 Å². The van der Waals surface area contributed by atoms with Gasteiger partial charge in [0.05, 0.1) is 12.1 Å². The first-order chi connectivity index (χ1) is 19.0. The number of aromatic carboxylic acids is 1. The Balaban J connectivity index is 1.80. The summed E-state index contributed by atoms with van der Waals surface area (Å²) in [6.45, 7) is 5.50. The van der Waals surface area contributed by atoms with Gasteiger partial charge in [-0.05, 0) is 56.6 Å². The van der Waals surface area contributed by atoms with Crippen molar-refractivity contribution < 1.29 is 24.6 Å². The van der Waals surface area contributed by atoms with Crippen molar-refractivity contribution in [2.75, 3.05) is 0 Å². The number of rotatable bonds is 9. The predicted molar refractivity (Wildman–Crippen MR) is 151 cm³/mol. The molecule has 2 heterocycles. The maximum absolute atomic E-state index is 14.0. The minimum Gasteiger partial charge on any atom is -0.476 e. The Kier molecular flexibility index (Phi) is 8.95. The Morgan fingerprint density at radius 1 is 1.20 bits per heavy atom. The van der Waals surface area contributed by atoms with Crippen LogP contribution in [0.1, 0.15) is 79.6 Å². The number of nitrogens with one attached hydrogen (secondary N) is 2. The summed E-state index contributed by atoms with van der Waals surface area (Å²) in [5.41, 5.74) is 8.38. The molecule has 0 spiro atoms. The molecule has 3 amide bonds. The molecule has 2 atom stereocenters. The summed E-state index contributed by atoms with van der Waals surface area (Å²) in [5, 5.41) is 23.6. The number of carboxylic acids is 1. The van der Waals surface area contributed by atoms with E-state index in [0.29, 0.717) is 37.8 Å². The van der Waals surface area contributed by atoms with E-state index >= 15 is 0 Å². The Labute approximate surface area is 233 Å². The van der Waals surface area contributed by atoms with E-state index in [1.807, 2.05) is 55.9 Å². The van der Waals surface area contributed by atoms with E-state index in [-0.39, 0.29) is 29.9 Å². The maximum Gasteiger partial charge on any atom is 0.356 e. The number of urea groups is 1. The lowest BCUT2D eigenvalue weighted by Crippen LogP contribution is -2.55. The topological polar surface area (TPSA) is 167 Å². The van der Waals surface area contributed by atoms with E-state index in [1.165, 1.54) is 0 Å². The summed E-state index contributed by atoms with van der Waals surface area (Å²) < 4.78 is 1.97. The lowest BCUT2D eigenvalue weighted by molar-refractivity contribution is -0.132. The number of hydrogen-bond acceptors (Lipinski definition) is 6. The number of aliphatic hydroxyl groups is 1. The number of nitrogens with zero attached hydrogens (tertiary/aromatic N) is 3. The van der Waals surface area contributed by atoms with Gasteiger partial charge < -0.3 is 30.8 Å². The summed E-state index contributed by atoms with van der Waals surface area (Å²) in [6.07, 6.45) is 4.41. The van der Waals surface area contributed by atoms with Crippen LogP contribution in [0.4, 0.5) is 4.79 Å². The van der Waals surface area contributed by atoms with E-state index in [0.717, 1.165) is 21.4 Å². The second-order valence-corrected chi connectivity index (χ2v) is 11.3. The zero-order valence-corrected chi connectivity index (χ0v) is 23.6. The molecule has 1 aliphatic rings. The van der Waals surface area contributed by atoms with Crippen LogP contribution >= 0.6 is 0 Å². The van der Waals surface area contributed by atoms with Crippen molar-refractivity contribution in [2.45, 2.75) is 83.5 Å². The quantitative estimate of drug-likeness (QED) is 0.271. The zero-order valence-electron chi connectivity index (χ0n) is 23.6. The third-order valence-electron chi connectivity index (χ3n) is 7.65. The molecule has 0 saturated heterocycles. The molecule has 4 rings (SSSR count). The molecule has 40 heavy (non-hydrogen) atoms. The van der Waals surface area contributed by atoms with Gasteiger partial charge in [0, 0.05) is 42.3 Å². The average Bonchev–Trinajstić information content (AvgIpc) is 3.44. The normalized spacial score (nSPS) is 19.0. The molecule has 11 nitrogen and oxygen atoms in total. The number of amides is 3. The number of benzene rings is 1. The number of nitrogens with two attached hydrogens (primary N) is 1. The van der Waals surface area contributed by atoms with Crippen LogP contribution in [0.15, 0.2) is 30.5 Å². The number of aryl methyl sites for hydroxylation is 2. The van der Waals surface area contributed by atoms with Gasteiger partial charge in [0.1, 0.15) is 11.9 Å². The number of imidazole rings is 1. The van der Waals surface area contributed by atoms with Crippen LogP contribution in [0.5, 0.6) is 0 Å². The second-order valence-electron chi connectivity index (χ2n) is 11.3. The van der Waals surface area contributed by atoms with Crippen molar-refractivity contribution in [3.05, 3.63) is 53.2 Å². The minimum atomic E-state index is -1.21. The molecule has 1 aliphatic carbocycles. The van der Waals surface area contributed by atoms with Crippen LogP contribution < -0.4 is 11.1 Å². The van der Waals surface area contributed by atoms with Crippen LogP contribution in [0.25, 0.3) is 10.9 Å². The summed E-state index contributed by atoms with van der Waals surface area (Å²) in [7, 11) is 1.92. The fourth-order valence-electron chi connectivity index (χ4n) is 5.60. The van der Waals surface area contributed by atoms with Crippen molar-refractivity contribution in [1.29, 1.82) is 0 Å². The van der Waals surface area contributed by atoms with E-state index < -0.39 is 36.1 Å². The highest BCUT2D eigenvalue weighted by atomic mass is 16.4. The number of imide groups is 1. The van der Waals surface area contributed by atoms with E-state index in [1.54, 1.807) is 6.92 Å². The standard InChI is InChI=1S/C29H40N6O5/c1-16(2)13-22(30)27(37)35(29(40)32-19-9-11-20(36)12-10-19)24(26-31-17(3)25(33-26)28(38)39)14-18-15-34(4)23-8-6-5-7-21(18)23/h5-8,15-16,19-20,22,24,36H,9-14,30H2,1-4H3,(H,31,33)(H,32,40)(H,38,39)/t19?,20?,22-,24+/m0/s1. The van der Waals surface area contributed by atoms with Gasteiger partial charge in [-0.3, -0.25) is 9.69 Å². The molecular formula is C29H40N6O5. The van der Waals surface area contributed by atoms with Gasteiger partial charge in [0.15, 0.2) is 5.69 Å². The maximum atomic E-state index is 14.0. The number of carbonyl (C=O) groups is 3. The van der Waals surface area contributed by atoms with E-state index in [9.17, 15) is 24.6 Å². The first kappa shape index (κ1) is 29.3. The molecule has 1 saturated carbocycles. The fourth-order valence-corrected chi connectivity index (χ4v) is 5.60. The highest BCUT2D eigenvalue weighted by Crippen LogP contribution is 2.31. The molecule has 0 aliphatic heterocycles. The Hall–Kier alpha value is -3.70. The molecule has 2 aromatic heterocycles. The number of aromatic amines is 1. The largest absolute Gasteiger partial charge is 0.476 e. The van der Waals surface area contributed by atoms with Crippen molar-refractivity contribution >= 4 is 28.8 Å². The third kappa shape index (κ3) is 6.37. The number of carbonyl (C=O) groups excluding carboxylic acids is 2. The zero-order chi connectivity index (χ0) is 29.1. The lowest BCUT2D eigenvalue weighted by atomic mass is 9.93. The number of carboxylic acid groups (broad SMARTS) is 1. The van der Waals surface area contributed by atoms with Gasteiger partial charge in [0.2, 0.25) is 5.91 Å². The number of aliphatic hydroxyl groups excluding tert-OH is 1. The van der Waals surface area contributed by atoms with Gasteiger partial charge in [-0.25, -0.2) is 14.6 Å². The molecule has 3 aromatic rings. The van der Waals surface area contributed by atoms with Gasteiger partial charge in [0.25, 0.3) is 0 Å². The number of hydrogen-bond donors (Lipinski definition) is 5. The first-order valence-corrected chi connectivity index (χ1v) is 13.9. The average molecular weight is 553 g/mol. The van der Waals surface area contributed by atoms with Crippen LogP contribution in [0.2, 0.25) is 0 Å². The molecule has 1 fully saturated rings. The van der Waals surface area contributed by atoms with Gasteiger partial charge in [-0.2, -0.15) is 0 Å². The summed E-state index contributed by atoms with van der Waals surface area (Å²) in [4.78, 5) is 48.3. The van der Waals surface area contributed by atoms with Crippen molar-refractivity contribution in [3.63, 3.8) is 0 Å². The van der Waals surface area contributed by atoms with Gasteiger partial charge >= 0.3 is 12.0 Å². The molecule has 0 unspecified atom stereocenters. The van der Waals surface area contributed by atoms with Gasteiger partial charge in [-0.15, -0.1) is 0 Å². The minimum absolute atomic E-state index is 0.115. The Bertz CT molecular complexity index is 1370. The summed E-state index contributed by atoms with van der Waals surface area (Å²) in [6, 6.07) is 5.11. The predicted octanol–water partition coefficient (Wildman–Crippen LogP) is 3.41. The van der Waals surface area contributed by atoms with Crippen LogP contribution in [0, 0.1) is 12.8 Å². The third-order valence-corrected chi connectivity index (χ3v) is 7.65. The number of fused-ring (bicyclic) bond motifs is 1. The molecule has 0 radical (unpaired) electrons. The highest BCUT2D eigenvalue weighted by Gasteiger charge is 2.38. The molecular weight excluding hydrogens is 512 g/mol. The van der Waals surface area contributed by atoms with Crippen molar-refractivity contribution in [2.24, 2.45) is 18.7 Å². The van der Waals surface area contributed by atoms with Gasteiger partial charge in [-0.1, -0.05) is 32.0 Å². The van der Waals surface area contributed by atoms with Crippen LogP contribution in [0.3, 0.4) is 0 Å². The molecule has 1 aromatic carbocycles. The molecule has 6 N–H and O–H groups in total. The first-order valence-electron chi connectivity index (χ1n) is 13.9. The summed E-state index contributed by atoms with van der Waals surface area (Å²) >= 11 is 0. The van der Waals surface area contributed by atoms with E-state index in [4.69, 9.17) is 5.73 Å². The molecule has 0 bridgehead atoms. The Morgan fingerprint density at radius 3 is 2.50 bits per heavy atom. The van der Waals surface area contributed by atoms with E-state index in [2.05, 4.69) is 15.3 Å².